The Morgan fingerprint density at radius 3 is 2.87 bits per heavy atom. The monoisotopic (exact) mass is 213 g/mol. The molecule has 3 atom stereocenters. The van der Waals surface area contributed by atoms with E-state index in [1.165, 1.54) is 12.8 Å². The second-order valence-electron chi connectivity index (χ2n) is 4.71. The Labute approximate surface area is 90.2 Å². The van der Waals surface area contributed by atoms with Gasteiger partial charge in [-0.1, -0.05) is 6.92 Å². The van der Waals surface area contributed by atoms with Gasteiger partial charge >= 0.3 is 5.97 Å². The molecule has 1 saturated heterocycles. The summed E-state index contributed by atoms with van der Waals surface area (Å²) in [5.74, 6) is 0.0112. The van der Waals surface area contributed by atoms with Gasteiger partial charge < -0.3 is 9.84 Å². The highest BCUT2D eigenvalue weighted by Gasteiger charge is 2.35. The van der Waals surface area contributed by atoms with Crippen LogP contribution in [-0.2, 0) is 9.53 Å². The highest BCUT2D eigenvalue weighted by atomic mass is 16.5. The summed E-state index contributed by atoms with van der Waals surface area (Å²) in [6, 6.07) is 0.671. The van der Waals surface area contributed by atoms with Crippen LogP contribution in [0.1, 0.15) is 26.2 Å². The van der Waals surface area contributed by atoms with Crippen LogP contribution in [0.3, 0.4) is 0 Å². The van der Waals surface area contributed by atoms with Crippen LogP contribution in [0.2, 0.25) is 0 Å². The summed E-state index contributed by atoms with van der Waals surface area (Å²) in [7, 11) is 0. The summed E-state index contributed by atoms with van der Waals surface area (Å²) >= 11 is 0. The van der Waals surface area contributed by atoms with E-state index in [1.54, 1.807) is 0 Å². The quantitative estimate of drug-likeness (QED) is 0.758. The van der Waals surface area contributed by atoms with Crippen molar-refractivity contribution in [3.63, 3.8) is 0 Å². The molecule has 0 amide bonds. The minimum Gasteiger partial charge on any atom is -0.481 e. The lowest BCUT2D eigenvalue weighted by molar-refractivity contribution is -0.143. The minimum absolute atomic E-state index is 0.107. The molecule has 15 heavy (non-hydrogen) atoms. The van der Waals surface area contributed by atoms with Gasteiger partial charge in [-0.25, -0.2) is 0 Å². The van der Waals surface area contributed by atoms with Crippen molar-refractivity contribution >= 4 is 5.97 Å². The summed E-state index contributed by atoms with van der Waals surface area (Å²) in [6.07, 6.45) is 2.61. The molecule has 2 rings (SSSR count). The summed E-state index contributed by atoms with van der Waals surface area (Å²) in [6.45, 7) is 4.71. The van der Waals surface area contributed by atoms with Gasteiger partial charge in [-0.05, 0) is 18.8 Å². The van der Waals surface area contributed by atoms with Crippen LogP contribution in [0.15, 0.2) is 0 Å². The first-order chi connectivity index (χ1) is 7.16. The summed E-state index contributed by atoms with van der Waals surface area (Å²) in [5, 5.41) is 8.72. The van der Waals surface area contributed by atoms with Crippen LogP contribution in [0.4, 0.5) is 0 Å². The molecule has 1 saturated carbocycles. The van der Waals surface area contributed by atoms with Crippen molar-refractivity contribution in [2.75, 3.05) is 19.7 Å². The third-order valence-corrected chi connectivity index (χ3v) is 3.62. The molecule has 1 N–H and O–H groups in total. The van der Waals surface area contributed by atoms with E-state index in [1.807, 2.05) is 0 Å². The van der Waals surface area contributed by atoms with Crippen LogP contribution >= 0.6 is 0 Å². The average Bonchev–Trinajstić information content (AvgIpc) is 2.15. The Morgan fingerprint density at radius 2 is 2.33 bits per heavy atom. The van der Waals surface area contributed by atoms with Gasteiger partial charge in [0, 0.05) is 19.1 Å². The van der Waals surface area contributed by atoms with E-state index in [4.69, 9.17) is 9.84 Å². The zero-order valence-electron chi connectivity index (χ0n) is 9.19. The fourth-order valence-corrected chi connectivity index (χ4v) is 2.55. The first-order valence-corrected chi connectivity index (χ1v) is 5.74. The lowest BCUT2D eigenvalue weighted by Crippen LogP contribution is -2.53. The third-order valence-electron chi connectivity index (χ3n) is 3.62. The summed E-state index contributed by atoms with van der Waals surface area (Å²) in [5.41, 5.74) is 0. The van der Waals surface area contributed by atoms with Crippen LogP contribution in [0, 0.1) is 5.92 Å². The number of carboxylic acids is 1. The largest absolute Gasteiger partial charge is 0.481 e. The molecule has 1 aliphatic heterocycles. The lowest BCUT2D eigenvalue weighted by atomic mass is 9.79. The number of rotatable bonds is 3. The fourth-order valence-electron chi connectivity index (χ4n) is 2.55. The Balaban J connectivity index is 1.84. The Bertz CT molecular complexity index is 244. The maximum atomic E-state index is 10.6. The van der Waals surface area contributed by atoms with Crippen LogP contribution in [0.5, 0.6) is 0 Å². The molecule has 86 valence electrons. The number of morpholine rings is 1. The molecule has 1 aliphatic carbocycles. The van der Waals surface area contributed by atoms with Crippen LogP contribution in [0.25, 0.3) is 0 Å². The summed E-state index contributed by atoms with van der Waals surface area (Å²) < 4.78 is 5.45. The van der Waals surface area contributed by atoms with Gasteiger partial charge in [0.15, 0.2) is 0 Å². The van der Waals surface area contributed by atoms with E-state index in [0.717, 1.165) is 19.0 Å². The molecule has 3 unspecified atom stereocenters. The number of ether oxygens (including phenoxy) is 1. The number of hydrogen-bond donors (Lipinski definition) is 1. The van der Waals surface area contributed by atoms with E-state index in [2.05, 4.69) is 11.8 Å². The van der Waals surface area contributed by atoms with Gasteiger partial charge in [-0.15, -0.1) is 0 Å². The van der Waals surface area contributed by atoms with Gasteiger partial charge in [0.1, 0.15) is 0 Å². The molecule has 0 aromatic carbocycles. The zero-order valence-corrected chi connectivity index (χ0v) is 9.19. The molecule has 0 aromatic rings. The molecule has 4 nitrogen and oxygen atoms in total. The van der Waals surface area contributed by atoms with Crippen LogP contribution in [-0.4, -0.2) is 47.8 Å². The molecule has 2 aliphatic rings. The number of carboxylic acid groups (broad SMARTS) is 1. The molecule has 0 spiro atoms. The van der Waals surface area contributed by atoms with Crippen molar-refractivity contribution < 1.29 is 14.6 Å². The van der Waals surface area contributed by atoms with Gasteiger partial charge in [-0.2, -0.15) is 0 Å². The van der Waals surface area contributed by atoms with Gasteiger partial charge in [0.05, 0.1) is 19.1 Å². The van der Waals surface area contributed by atoms with E-state index in [0.29, 0.717) is 12.6 Å². The first kappa shape index (κ1) is 10.9. The van der Waals surface area contributed by atoms with E-state index < -0.39 is 5.97 Å². The zero-order chi connectivity index (χ0) is 10.8. The van der Waals surface area contributed by atoms with Crippen LogP contribution < -0.4 is 0 Å². The van der Waals surface area contributed by atoms with Gasteiger partial charge in [0.25, 0.3) is 0 Å². The smallest absolute Gasteiger partial charge is 0.306 e. The molecule has 2 fully saturated rings. The van der Waals surface area contributed by atoms with Gasteiger partial charge in [0.2, 0.25) is 0 Å². The molecule has 0 aromatic heterocycles. The lowest BCUT2D eigenvalue weighted by Gasteiger charge is -2.46. The standard InChI is InChI=1S/C11H19NO3/c1-8-2-3-10(8)12-4-5-15-9(7-12)6-11(13)14/h8-10H,2-7H2,1H3,(H,13,14). The molecular weight excluding hydrogens is 194 g/mol. The Hall–Kier alpha value is -0.610. The Morgan fingerprint density at radius 1 is 1.53 bits per heavy atom. The third kappa shape index (κ3) is 2.49. The van der Waals surface area contributed by atoms with Crippen molar-refractivity contribution in [3.8, 4) is 0 Å². The first-order valence-electron chi connectivity index (χ1n) is 5.74. The van der Waals surface area contributed by atoms with Crippen molar-refractivity contribution in [3.05, 3.63) is 0 Å². The predicted molar refractivity (Wildman–Crippen MR) is 55.8 cm³/mol. The second-order valence-corrected chi connectivity index (χ2v) is 4.71. The SMILES string of the molecule is CC1CCC1N1CCOC(CC(=O)O)C1. The predicted octanol–water partition coefficient (Wildman–Crippen LogP) is 0.960. The fraction of sp³-hybridized carbons (Fsp3) is 0.909. The van der Waals surface area contributed by atoms with Crippen molar-refractivity contribution in [2.24, 2.45) is 5.92 Å². The number of hydrogen-bond acceptors (Lipinski definition) is 3. The highest BCUT2D eigenvalue weighted by molar-refractivity contribution is 5.67. The van der Waals surface area contributed by atoms with Crippen molar-refractivity contribution in [1.29, 1.82) is 0 Å². The van der Waals surface area contributed by atoms with Crippen molar-refractivity contribution in [2.45, 2.75) is 38.3 Å². The molecular formula is C11H19NO3. The second kappa shape index (κ2) is 4.49. The molecule has 0 bridgehead atoms. The number of nitrogens with zero attached hydrogens (tertiary/aromatic N) is 1. The minimum atomic E-state index is -0.761. The highest BCUT2D eigenvalue weighted by Crippen LogP contribution is 2.32. The maximum absolute atomic E-state index is 10.6. The topological polar surface area (TPSA) is 49.8 Å². The maximum Gasteiger partial charge on any atom is 0.306 e. The summed E-state index contributed by atoms with van der Waals surface area (Å²) in [4.78, 5) is 13.0. The van der Waals surface area contributed by atoms with Gasteiger partial charge in [-0.3, -0.25) is 9.69 Å². The normalized spacial score (nSPS) is 37.3. The van der Waals surface area contributed by atoms with E-state index in [9.17, 15) is 4.79 Å². The van der Waals surface area contributed by atoms with E-state index in [-0.39, 0.29) is 12.5 Å². The Kier molecular flexibility index (Phi) is 3.26. The average molecular weight is 213 g/mol. The molecule has 1 heterocycles. The molecule has 0 radical (unpaired) electrons. The molecule has 4 heteroatoms. The number of aliphatic carboxylic acids is 1. The van der Waals surface area contributed by atoms with E-state index >= 15 is 0 Å². The van der Waals surface area contributed by atoms with Crippen molar-refractivity contribution in [1.82, 2.24) is 4.90 Å². The number of carbonyl (C=O) groups is 1.